The number of benzene rings is 1. The van der Waals surface area contributed by atoms with Gasteiger partial charge in [0.2, 0.25) is 0 Å². The Morgan fingerprint density at radius 1 is 1.16 bits per heavy atom. The summed E-state index contributed by atoms with van der Waals surface area (Å²) in [5.74, 6) is 0.599. The second-order valence-electron chi connectivity index (χ2n) is 5.89. The van der Waals surface area contributed by atoms with E-state index in [9.17, 15) is 4.79 Å². The van der Waals surface area contributed by atoms with Crippen LogP contribution in [0.5, 0.6) is 0 Å². The summed E-state index contributed by atoms with van der Waals surface area (Å²) in [6.07, 6.45) is 4.10. The average molecular weight is 334 g/mol. The minimum Gasteiger partial charge on any atom is -0.331 e. The lowest BCUT2D eigenvalue weighted by atomic mass is 10.0. The molecule has 0 radical (unpaired) electrons. The quantitative estimate of drug-likeness (QED) is 0.768. The summed E-state index contributed by atoms with van der Waals surface area (Å²) in [5.41, 5.74) is 4.16. The van der Waals surface area contributed by atoms with Crippen LogP contribution in [0.1, 0.15) is 17.1 Å². The van der Waals surface area contributed by atoms with E-state index in [1.165, 1.54) is 0 Å². The lowest BCUT2D eigenvalue weighted by Crippen LogP contribution is -2.42. The van der Waals surface area contributed by atoms with Crippen molar-refractivity contribution in [2.75, 3.05) is 6.54 Å². The zero-order valence-electron chi connectivity index (χ0n) is 13.6. The monoisotopic (exact) mass is 334 g/mol. The topological polar surface area (TPSA) is 86.8 Å². The van der Waals surface area contributed by atoms with Crippen LogP contribution < -0.4 is 5.32 Å². The van der Waals surface area contributed by atoms with Crippen LogP contribution in [-0.4, -0.2) is 37.6 Å². The van der Waals surface area contributed by atoms with Crippen molar-refractivity contribution < 1.29 is 4.79 Å². The maximum absolute atomic E-state index is 12.5. The number of hydrogen-bond acceptors (Lipinski definition) is 4. The van der Waals surface area contributed by atoms with Gasteiger partial charge in [-0.15, -0.1) is 0 Å². The van der Waals surface area contributed by atoms with Gasteiger partial charge >= 0.3 is 6.03 Å². The molecule has 0 fully saturated rings. The fourth-order valence-corrected chi connectivity index (χ4v) is 2.99. The van der Waals surface area contributed by atoms with Crippen molar-refractivity contribution in [3.63, 3.8) is 0 Å². The van der Waals surface area contributed by atoms with Gasteiger partial charge in [-0.2, -0.15) is 5.10 Å². The predicted molar refractivity (Wildman–Crippen MR) is 92.4 cm³/mol. The minimum absolute atomic E-state index is 0.113. The molecule has 2 amide bonds. The molecule has 126 valence electrons. The highest BCUT2D eigenvalue weighted by molar-refractivity contribution is 5.75. The zero-order valence-corrected chi connectivity index (χ0v) is 13.6. The van der Waals surface area contributed by atoms with Crippen LogP contribution >= 0.6 is 0 Å². The Labute approximate surface area is 145 Å². The van der Waals surface area contributed by atoms with Gasteiger partial charge in [0, 0.05) is 42.2 Å². The Morgan fingerprint density at radius 2 is 1.96 bits per heavy atom. The molecule has 0 aliphatic carbocycles. The van der Waals surface area contributed by atoms with Crippen molar-refractivity contribution in [2.45, 2.75) is 19.5 Å². The number of nitrogens with one attached hydrogen (secondary N) is 2. The molecule has 4 rings (SSSR count). The van der Waals surface area contributed by atoms with E-state index in [0.717, 1.165) is 28.9 Å². The molecule has 0 unspecified atom stereocenters. The summed E-state index contributed by atoms with van der Waals surface area (Å²) in [5, 5.41) is 10.4. The molecular formula is C18H18N6O. The number of nitrogens with zero attached hydrogens (tertiary/aromatic N) is 4. The van der Waals surface area contributed by atoms with E-state index in [1.54, 1.807) is 23.4 Å². The van der Waals surface area contributed by atoms with Crippen molar-refractivity contribution in [3.8, 4) is 11.3 Å². The van der Waals surface area contributed by atoms with Crippen molar-refractivity contribution >= 4 is 6.03 Å². The highest BCUT2D eigenvalue weighted by Gasteiger charge is 2.25. The van der Waals surface area contributed by atoms with Gasteiger partial charge in [-0.05, 0) is 6.07 Å². The fraction of sp³-hybridized carbons (Fsp3) is 0.222. The van der Waals surface area contributed by atoms with Gasteiger partial charge in [0.05, 0.1) is 18.8 Å². The highest BCUT2D eigenvalue weighted by Crippen LogP contribution is 2.28. The molecule has 0 saturated carbocycles. The SMILES string of the molecule is O=C(NCc1ncccn1)N1CCc2[nH]nc(-c3ccccc3)c2C1. The number of H-pyrrole nitrogens is 1. The average Bonchev–Trinajstić information content (AvgIpc) is 3.11. The number of aromatic amines is 1. The maximum atomic E-state index is 12.5. The van der Waals surface area contributed by atoms with Gasteiger partial charge in [0.15, 0.2) is 0 Å². The number of aromatic nitrogens is 4. The van der Waals surface area contributed by atoms with Crippen LogP contribution in [0.4, 0.5) is 4.79 Å². The molecule has 7 nitrogen and oxygen atoms in total. The normalized spacial score (nSPS) is 13.4. The van der Waals surface area contributed by atoms with Crippen LogP contribution in [0, 0.1) is 0 Å². The lowest BCUT2D eigenvalue weighted by Gasteiger charge is -2.27. The summed E-state index contributed by atoms with van der Waals surface area (Å²) < 4.78 is 0. The maximum Gasteiger partial charge on any atom is 0.318 e. The van der Waals surface area contributed by atoms with Gasteiger partial charge in [0.25, 0.3) is 0 Å². The Morgan fingerprint density at radius 3 is 2.76 bits per heavy atom. The molecule has 0 saturated heterocycles. The Hall–Kier alpha value is -3.22. The molecule has 0 spiro atoms. The Bertz CT molecular complexity index is 862. The molecule has 1 aliphatic heterocycles. The predicted octanol–water partition coefficient (Wildman–Crippen LogP) is 2.13. The first-order chi connectivity index (χ1) is 12.3. The largest absolute Gasteiger partial charge is 0.331 e. The highest BCUT2D eigenvalue weighted by atomic mass is 16.2. The van der Waals surface area contributed by atoms with Crippen LogP contribution in [-0.2, 0) is 19.5 Å². The molecule has 3 aromatic rings. The zero-order chi connectivity index (χ0) is 17.1. The van der Waals surface area contributed by atoms with E-state index in [0.29, 0.717) is 25.5 Å². The van der Waals surface area contributed by atoms with Gasteiger partial charge in [-0.3, -0.25) is 5.10 Å². The summed E-state index contributed by atoms with van der Waals surface area (Å²) in [7, 11) is 0. The van der Waals surface area contributed by atoms with Gasteiger partial charge in [-0.1, -0.05) is 30.3 Å². The number of carbonyl (C=O) groups is 1. The molecule has 2 aromatic heterocycles. The Kier molecular flexibility index (Phi) is 4.12. The summed E-state index contributed by atoms with van der Waals surface area (Å²) in [4.78, 5) is 22.5. The summed E-state index contributed by atoms with van der Waals surface area (Å²) in [6.45, 7) is 1.52. The van der Waals surface area contributed by atoms with E-state index in [2.05, 4.69) is 25.5 Å². The van der Waals surface area contributed by atoms with Crippen LogP contribution in [0.25, 0.3) is 11.3 Å². The van der Waals surface area contributed by atoms with Crippen LogP contribution in [0.3, 0.4) is 0 Å². The molecule has 7 heteroatoms. The second-order valence-corrected chi connectivity index (χ2v) is 5.89. The van der Waals surface area contributed by atoms with Crippen LogP contribution in [0.2, 0.25) is 0 Å². The summed E-state index contributed by atoms with van der Waals surface area (Å²) in [6, 6.07) is 11.7. The third kappa shape index (κ3) is 3.21. The van der Waals surface area contributed by atoms with Crippen molar-refractivity contribution in [1.82, 2.24) is 30.4 Å². The number of hydrogen-bond donors (Lipinski definition) is 2. The first kappa shape index (κ1) is 15.3. The number of urea groups is 1. The first-order valence-electron chi connectivity index (χ1n) is 8.21. The number of fused-ring (bicyclic) bond motifs is 1. The fourth-order valence-electron chi connectivity index (χ4n) is 2.99. The second kappa shape index (κ2) is 6.72. The standard InChI is InChI=1S/C18H18N6O/c25-18(21-11-16-19-8-4-9-20-16)24-10-7-15-14(12-24)17(23-22-15)13-5-2-1-3-6-13/h1-6,8-9H,7,10-12H2,(H,21,25)(H,22,23). The Balaban J connectivity index is 1.47. The van der Waals surface area contributed by atoms with Crippen molar-refractivity contribution in [3.05, 3.63) is 65.9 Å². The molecule has 25 heavy (non-hydrogen) atoms. The first-order valence-corrected chi connectivity index (χ1v) is 8.21. The van der Waals surface area contributed by atoms with Crippen molar-refractivity contribution in [1.29, 1.82) is 0 Å². The molecule has 0 atom stereocenters. The molecule has 2 N–H and O–H groups in total. The van der Waals surface area contributed by atoms with E-state index < -0.39 is 0 Å². The minimum atomic E-state index is -0.113. The smallest absolute Gasteiger partial charge is 0.318 e. The van der Waals surface area contributed by atoms with E-state index in [-0.39, 0.29) is 6.03 Å². The number of amides is 2. The molecule has 1 aromatic carbocycles. The third-order valence-corrected chi connectivity index (χ3v) is 4.28. The van der Waals surface area contributed by atoms with Gasteiger partial charge in [-0.25, -0.2) is 14.8 Å². The van der Waals surface area contributed by atoms with E-state index in [4.69, 9.17) is 0 Å². The molecule has 0 bridgehead atoms. The van der Waals surface area contributed by atoms with Gasteiger partial charge in [0.1, 0.15) is 5.82 Å². The van der Waals surface area contributed by atoms with Crippen LogP contribution in [0.15, 0.2) is 48.8 Å². The summed E-state index contributed by atoms with van der Waals surface area (Å²) >= 11 is 0. The number of carbonyl (C=O) groups excluding carboxylic acids is 1. The third-order valence-electron chi connectivity index (χ3n) is 4.28. The molecule has 3 heterocycles. The van der Waals surface area contributed by atoms with Crippen molar-refractivity contribution in [2.24, 2.45) is 0 Å². The van der Waals surface area contributed by atoms with E-state index in [1.807, 2.05) is 30.3 Å². The lowest BCUT2D eigenvalue weighted by molar-refractivity contribution is 0.191. The van der Waals surface area contributed by atoms with E-state index >= 15 is 0 Å². The van der Waals surface area contributed by atoms with Gasteiger partial charge < -0.3 is 10.2 Å². The molecule has 1 aliphatic rings. The molecular weight excluding hydrogens is 316 g/mol. The number of rotatable bonds is 3.